The minimum absolute atomic E-state index is 0.150. The van der Waals surface area contributed by atoms with E-state index >= 15 is 0 Å². The SMILES string of the molecule is [2H]C([2H])([2H])c1ccc(C(O)(C(C)O)C(F)(F)F)cc1-c1cnc(N)c(Cl)n1. The van der Waals surface area contributed by atoms with Gasteiger partial charge in [0.05, 0.1) is 18.0 Å². The molecule has 2 aromatic rings. The van der Waals surface area contributed by atoms with Crippen LogP contribution in [0.25, 0.3) is 11.3 Å². The van der Waals surface area contributed by atoms with Crippen LogP contribution in [0.1, 0.15) is 22.2 Å². The van der Waals surface area contributed by atoms with Crippen molar-refractivity contribution >= 4 is 17.4 Å². The van der Waals surface area contributed by atoms with Crippen molar-refractivity contribution in [3.05, 3.63) is 40.7 Å². The summed E-state index contributed by atoms with van der Waals surface area (Å²) < 4.78 is 63.1. The van der Waals surface area contributed by atoms with Gasteiger partial charge in [-0.25, -0.2) is 9.97 Å². The van der Waals surface area contributed by atoms with E-state index in [1.54, 1.807) is 0 Å². The van der Waals surface area contributed by atoms with Crippen LogP contribution in [-0.2, 0) is 5.60 Å². The highest BCUT2D eigenvalue weighted by Gasteiger charge is 2.58. The lowest BCUT2D eigenvalue weighted by Crippen LogP contribution is -2.50. The predicted molar refractivity (Wildman–Crippen MR) is 83.3 cm³/mol. The number of aliphatic hydroxyl groups is 2. The molecular formula is C15H15ClF3N3O2. The summed E-state index contributed by atoms with van der Waals surface area (Å²) in [4.78, 5) is 7.57. The van der Waals surface area contributed by atoms with Gasteiger partial charge in [0.1, 0.15) is 0 Å². The Morgan fingerprint density at radius 3 is 2.54 bits per heavy atom. The smallest absolute Gasteiger partial charge is 0.390 e. The number of aliphatic hydroxyl groups excluding tert-OH is 1. The number of aryl methyl sites for hydroxylation is 1. The molecule has 2 rings (SSSR count). The fourth-order valence-corrected chi connectivity index (χ4v) is 2.28. The fourth-order valence-electron chi connectivity index (χ4n) is 2.14. The van der Waals surface area contributed by atoms with Gasteiger partial charge in [-0.15, -0.1) is 0 Å². The van der Waals surface area contributed by atoms with Gasteiger partial charge in [0.15, 0.2) is 11.0 Å². The number of rotatable bonds is 3. The Morgan fingerprint density at radius 1 is 1.38 bits per heavy atom. The third-order valence-corrected chi connectivity index (χ3v) is 3.81. The molecule has 0 radical (unpaired) electrons. The molecule has 0 saturated heterocycles. The normalized spacial score (nSPS) is 18.2. The van der Waals surface area contributed by atoms with E-state index in [1.807, 2.05) is 0 Å². The lowest BCUT2D eigenvalue weighted by Gasteiger charge is -2.33. The maximum atomic E-state index is 13.4. The zero-order valence-electron chi connectivity index (χ0n) is 15.3. The zero-order valence-corrected chi connectivity index (χ0v) is 13.0. The Morgan fingerprint density at radius 2 is 2.04 bits per heavy atom. The monoisotopic (exact) mass is 364 g/mol. The number of halogens is 4. The summed E-state index contributed by atoms with van der Waals surface area (Å²) in [5, 5.41) is 19.5. The summed E-state index contributed by atoms with van der Waals surface area (Å²) in [5.41, 5.74) is 0.311. The molecule has 0 saturated carbocycles. The van der Waals surface area contributed by atoms with Crippen molar-refractivity contribution in [1.29, 1.82) is 0 Å². The van der Waals surface area contributed by atoms with E-state index in [0.29, 0.717) is 0 Å². The number of nitrogens with two attached hydrogens (primary N) is 1. The molecule has 2 atom stereocenters. The summed E-state index contributed by atoms with van der Waals surface area (Å²) in [6.45, 7) is -1.94. The van der Waals surface area contributed by atoms with E-state index in [1.165, 1.54) is 0 Å². The molecule has 1 aromatic carbocycles. The molecule has 0 fully saturated rings. The molecule has 0 amide bonds. The van der Waals surface area contributed by atoms with Gasteiger partial charge in [-0.1, -0.05) is 23.7 Å². The number of hydrogen-bond donors (Lipinski definition) is 3. The van der Waals surface area contributed by atoms with E-state index in [-0.39, 0.29) is 27.8 Å². The number of aromatic nitrogens is 2. The standard InChI is InChI=1S/C15H15ClF3N3O2/c1-7-3-4-9(14(24,8(2)23)15(17,18)19)5-10(7)11-6-21-13(20)12(16)22-11/h3-6,8,23-24H,1-2H3,(H2,20,21)/i1D3. The van der Waals surface area contributed by atoms with Gasteiger partial charge < -0.3 is 15.9 Å². The van der Waals surface area contributed by atoms with Gasteiger partial charge in [-0.2, -0.15) is 13.2 Å². The topological polar surface area (TPSA) is 92.3 Å². The summed E-state index contributed by atoms with van der Waals surface area (Å²) in [6.07, 6.45) is -6.42. The molecular weight excluding hydrogens is 347 g/mol. The number of nitrogens with zero attached hydrogens (tertiary/aromatic N) is 2. The number of benzene rings is 1. The number of anilines is 1. The first kappa shape index (κ1) is 14.4. The van der Waals surface area contributed by atoms with Crippen LogP contribution in [0, 0.1) is 6.85 Å². The van der Waals surface area contributed by atoms with Crippen molar-refractivity contribution in [2.75, 3.05) is 5.73 Å². The second kappa shape index (κ2) is 6.19. The molecule has 5 nitrogen and oxygen atoms in total. The first-order chi connectivity index (χ1) is 12.2. The molecule has 0 aliphatic carbocycles. The molecule has 1 aromatic heterocycles. The van der Waals surface area contributed by atoms with Crippen molar-refractivity contribution in [2.45, 2.75) is 31.7 Å². The maximum absolute atomic E-state index is 13.4. The first-order valence-electron chi connectivity index (χ1n) is 8.10. The third kappa shape index (κ3) is 3.04. The molecule has 9 heteroatoms. The van der Waals surface area contributed by atoms with Crippen LogP contribution in [0.4, 0.5) is 19.0 Å². The molecule has 130 valence electrons. The van der Waals surface area contributed by atoms with Crippen molar-refractivity contribution in [1.82, 2.24) is 9.97 Å². The number of nitrogen functional groups attached to an aromatic ring is 1. The van der Waals surface area contributed by atoms with Crippen molar-refractivity contribution < 1.29 is 27.5 Å². The van der Waals surface area contributed by atoms with E-state index in [2.05, 4.69) is 9.97 Å². The van der Waals surface area contributed by atoms with Crippen LogP contribution >= 0.6 is 11.6 Å². The Balaban J connectivity index is 2.81. The predicted octanol–water partition coefficient (Wildman–Crippen LogP) is 2.82. The second-order valence-corrected chi connectivity index (χ2v) is 5.49. The van der Waals surface area contributed by atoms with Gasteiger partial charge in [0, 0.05) is 9.68 Å². The van der Waals surface area contributed by atoms with Gasteiger partial charge >= 0.3 is 6.18 Å². The molecule has 4 N–H and O–H groups in total. The van der Waals surface area contributed by atoms with Crippen LogP contribution in [0.3, 0.4) is 0 Å². The van der Waals surface area contributed by atoms with Gasteiger partial charge in [-0.05, 0) is 31.0 Å². The van der Waals surface area contributed by atoms with Crippen molar-refractivity contribution in [3.8, 4) is 11.3 Å². The molecule has 1 heterocycles. The molecule has 0 aliphatic heterocycles. The van der Waals surface area contributed by atoms with Gasteiger partial charge in [-0.3, -0.25) is 0 Å². The Kier molecular flexibility index (Phi) is 3.73. The summed E-state index contributed by atoms with van der Waals surface area (Å²) in [6, 6.07) is 2.49. The molecule has 0 aliphatic rings. The number of hydrogen-bond acceptors (Lipinski definition) is 5. The lowest BCUT2D eigenvalue weighted by molar-refractivity contribution is -0.295. The number of alkyl halides is 3. The van der Waals surface area contributed by atoms with Crippen LogP contribution in [0.5, 0.6) is 0 Å². The highest BCUT2D eigenvalue weighted by atomic mass is 35.5. The van der Waals surface area contributed by atoms with E-state index in [4.69, 9.17) is 21.4 Å². The minimum Gasteiger partial charge on any atom is -0.390 e. The second-order valence-electron chi connectivity index (χ2n) is 5.13. The summed E-state index contributed by atoms with van der Waals surface area (Å²) in [5.74, 6) is -0.150. The van der Waals surface area contributed by atoms with Crippen LogP contribution in [-0.4, -0.2) is 32.5 Å². The Labute approximate surface area is 145 Å². The molecule has 24 heavy (non-hydrogen) atoms. The van der Waals surface area contributed by atoms with Crippen molar-refractivity contribution in [3.63, 3.8) is 0 Å². The zero-order chi connectivity index (χ0) is 20.8. The molecule has 2 unspecified atom stereocenters. The fraction of sp³-hybridized carbons (Fsp3) is 0.333. The Bertz CT molecular complexity index is 862. The van der Waals surface area contributed by atoms with E-state index < -0.39 is 30.3 Å². The van der Waals surface area contributed by atoms with E-state index in [0.717, 1.165) is 31.3 Å². The highest BCUT2D eigenvalue weighted by Crippen LogP contribution is 2.43. The average Bonchev–Trinajstić information content (AvgIpc) is 2.54. The molecule has 0 spiro atoms. The highest BCUT2D eigenvalue weighted by molar-refractivity contribution is 6.31. The van der Waals surface area contributed by atoms with Crippen LogP contribution in [0.2, 0.25) is 5.15 Å². The van der Waals surface area contributed by atoms with Crippen molar-refractivity contribution in [2.24, 2.45) is 0 Å². The minimum atomic E-state index is -5.23. The third-order valence-electron chi connectivity index (χ3n) is 3.53. The lowest BCUT2D eigenvalue weighted by atomic mass is 9.86. The van der Waals surface area contributed by atoms with Crippen LogP contribution in [0.15, 0.2) is 24.4 Å². The van der Waals surface area contributed by atoms with Gasteiger partial charge in [0.2, 0.25) is 5.60 Å². The van der Waals surface area contributed by atoms with Gasteiger partial charge in [0.25, 0.3) is 0 Å². The summed E-state index contributed by atoms with van der Waals surface area (Å²) >= 11 is 5.77. The van der Waals surface area contributed by atoms with Crippen LogP contribution < -0.4 is 5.73 Å². The average molecular weight is 365 g/mol. The largest absolute Gasteiger partial charge is 0.424 e. The maximum Gasteiger partial charge on any atom is 0.424 e. The Hall–Kier alpha value is -1.90. The quantitative estimate of drug-likeness (QED) is 0.778. The molecule has 0 bridgehead atoms. The van der Waals surface area contributed by atoms with E-state index in [9.17, 15) is 23.4 Å². The summed E-state index contributed by atoms with van der Waals surface area (Å²) in [7, 11) is 0. The first-order valence-corrected chi connectivity index (χ1v) is 6.98.